The second-order valence-corrected chi connectivity index (χ2v) is 13.2. The lowest BCUT2D eigenvalue weighted by atomic mass is 9.88. The molecule has 44 heavy (non-hydrogen) atoms. The van der Waals surface area contributed by atoms with Gasteiger partial charge in [0.05, 0.1) is 23.5 Å². The highest BCUT2D eigenvalue weighted by Crippen LogP contribution is 2.34. The van der Waals surface area contributed by atoms with Crippen LogP contribution in [0.5, 0.6) is 5.75 Å². The van der Waals surface area contributed by atoms with Crippen molar-refractivity contribution >= 4 is 23.4 Å². The number of carbonyl (C=O) groups excluding carboxylic acids is 1. The Morgan fingerprint density at radius 2 is 1.73 bits per heavy atom. The van der Waals surface area contributed by atoms with E-state index in [4.69, 9.17) is 9.47 Å². The van der Waals surface area contributed by atoms with E-state index < -0.39 is 24.2 Å². The molecule has 0 saturated carbocycles. The van der Waals surface area contributed by atoms with Crippen molar-refractivity contribution in [2.75, 3.05) is 43.0 Å². The molecule has 0 radical (unpaired) electrons. The van der Waals surface area contributed by atoms with Crippen LogP contribution in [-0.4, -0.2) is 60.5 Å². The Bertz CT molecular complexity index is 1380. The van der Waals surface area contributed by atoms with Crippen molar-refractivity contribution in [2.45, 2.75) is 66.0 Å². The van der Waals surface area contributed by atoms with E-state index in [1.807, 2.05) is 32.9 Å². The van der Waals surface area contributed by atoms with Gasteiger partial charge in [-0.05, 0) is 80.1 Å². The van der Waals surface area contributed by atoms with Crippen LogP contribution in [0.25, 0.3) is 11.1 Å². The predicted molar refractivity (Wildman–Crippen MR) is 170 cm³/mol. The van der Waals surface area contributed by atoms with E-state index in [2.05, 4.69) is 30.8 Å². The summed E-state index contributed by atoms with van der Waals surface area (Å²) >= 11 is 0. The first kappa shape index (κ1) is 32.9. The molecule has 0 bridgehead atoms. The van der Waals surface area contributed by atoms with Gasteiger partial charge in [0.15, 0.2) is 0 Å². The minimum absolute atomic E-state index is 0.0143. The van der Waals surface area contributed by atoms with Gasteiger partial charge < -0.3 is 30.3 Å². The molecular formula is C33H44F2N6O3. The SMILES string of the molecule is CC(C)(C)C[C@@H](COc1ccc(-c2ccnc(Nc3ccc(N4CCNCC4)nc3)c2)cc1C(F)F)NC(=O)OC(C)(C)C. The van der Waals surface area contributed by atoms with Gasteiger partial charge in [-0.3, -0.25) is 0 Å². The van der Waals surface area contributed by atoms with Gasteiger partial charge in [0.1, 0.15) is 29.6 Å². The summed E-state index contributed by atoms with van der Waals surface area (Å²) in [5.41, 5.74) is 1.06. The number of nitrogens with zero attached hydrogens (tertiary/aromatic N) is 3. The average molecular weight is 611 g/mol. The summed E-state index contributed by atoms with van der Waals surface area (Å²) in [6.07, 6.45) is 0.621. The summed E-state index contributed by atoms with van der Waals surface area (Å²) in [4.78, 5) is 23.6. The van der Waals surface area contributed by atoms with Gasteiger partial charge in [0.25, 0.3) is 6.43 Å². The largest absolute Gasteiger partial charge is 0.491 e. The maximum atomic E-state index is 14.2. The van der Waals surface area contributed by atoms with E-state index in [9.17, 15) is 13.6 Å². The number of benzene rings is 1. The Morgan fingerprint density at radius 3 is 2.36 bits per heavy atom. The van der Waals surface area contributed by atoms with E-state index in [1.165, 1.54) is 6.07 Å². The Balaban J connectivity index is 1.46. The molecule has 4 rings (SSSR count). The number of hydrogen-bond donors (Lipinski definition) is 3. The van der Waals surface area contributed by atoms with Crippen molar-refractivity contribution in [2.24, 2.45) is 5.41 Å². The molecule has 3 heterocycles. The standard InChI is InChI=1S/C33H44F2N6O3/c1-32(2,3)19-25(40-31(42)44-33(4,5)6)21-43-27-9-7-22(17-26(27)30(34)35)23-11-12-37-28(18-23)39-24-8-10-29(38-20-24)41-15-13-36-14-16-41/h7-12,17-18,20,25,30,36H,13-16,19,21H2,1-6H3,(H,37,39)(H,40,42)/t25-/m0/s1. The van der Waals surface area contributed by atoms with Crippen molar-refractivity contribution in [1.82, 2.24) is 20.6 Å². The zero-order chi connectivity index (χ0) is 31.9. The van der Waals surface area contributed by atoms with Crippen molar-refractivity contribution in [3.8, 4) is 16.9 Å². The minimum atomic E-state index is -2.76. The van der Waals surface area contributed by atoms with E-state index in [-0.39, 0.29) is 23.3 Å². The number of aromatic nitrogens is 2. The highest BCUT2D eigenvalue weighted by molar-refractivity contribution is 5.70. The number of piperazine rings is 1. The first-order valence-electron chi connectivity index (χ1n) is 15.0. The Kier molecular flexibility index (Phi) is 10.6. The van der Waals surface area contributed by atoms with E-state index in [1.54, 1.807) is 57.4 Å². The van der Waals surface area contributed by atoms with Crippen molar-refractivity contribution in [1.29, 1.82) is 0 Å². The lowest BCUT2D eigenvalue weighted by Crippen LogP contribution is -2.44. The molecule has 238 valence electrons. The Labute approximate surface area is 258 Å². The van der Waals surface area contributed by atoms with Gasteiger partial charge in [-0.2, -0.15) is 0 Å². The van der Waals surface area contributed by atoms with Crippen molar-refractivity contribution in [3.05, 3.63) is 60.4 Å². The maximum Gasteiger partial charge on any atom is 0.407 e. The highest BCUT2D eigenvalue weighted by atomic mass is 19.3. The number of anilines is 3. The molecule has 1 aliphatic rings. The molecule has 3 N–H and O–H groups in total. The van der Waals surface area contributed by atoms with Crippen molar-refractivity contribution < 1.29 is 23.0 Å². The molecule has 0 unspecified atom stereocenters. The molecule has 0 aliphatic carbocycles. The zero-order valence-electron chi connectivity index (χ0n) is 26.4. The summed E-state index contributed by atoms with van der Waals surface area (Å²) in [5, 5.41) is 9.42. The summed E-state index contributed by atoms with van der Waals surface area (Å²) < 4.78 is 39.8. The van der Waals surface area contributed by atoms with Gasteiger partial charge in [0, 0.05) is 32.4 Å². The van der Waals surface area contributed by atoms with Crippen LogP contribution in [-0.2, 0) is 4.74 Å². The molecule has 1 atom stereocenters. The molecule has 2 aromatic heterocycles. The molecular weight excluding hydrogens is 566 g/mol. The lowest BCUT2D eigenvalue weighted by molar-refractivity contribution is 0.0469. The molecule has 1 fully saturated rings. The van der Waals surface area contributed by atoms with E-state index >= 15 is 0 Å². The fourth-order valence-electron chi connectivity index (χ4n) is 4.95. The fourth-order valence-corrected chi connectivity index (χ4v) is 4.95. The van der Waals surface area contributed by atoms with Gasteiger partial charge >= 0.3 is 6.09 Å². The number of pyridine rings is 2. The summed E-state index contributed by atoms with van der Waals surface area (Å²) in [7, 11) is 0. The first-order chi connectivity index (χ1) is 20.8. The second-order valence-electron chi connectivity index (χ2n) is 13.2. The van der Waals surface area contributed by atoms with Crippen LogP contribution >= 0.6 is 0 Å². The molecule has 1 amide bonds. The number of rotatable bonds is 10. The fraction of sp³-hybridized carbons (Fsp3) is 0.485. The number of nitrogens with one attached hydrogen (secondary N) is 3. The number of ether oxygens (including phenoxy) is 2. The smallest absolute Gasteiger partial charge is 0.407 e. The maximum absolute atomic E-state index is 14.2. The number of amides is 1. The third-order valence-electron chi connectivity index (χ3n) is 6.82. The Hall–Kier alpha value is -3.99. The normalized spacial score (nSPS) is 14.7. The van der Waals surface area contributed by atoms with Crippen LogP contribution in [0.15, 0.2) is 54.9 Å². The van der Waals surface area contributed by atoms with Gasteiger partial charge in [0.2, 0.25) is 0 Å². The number of hydrogen-bond acceptors (Lipinski definition) is 8. The van der Waals surface area contributed by atoms with Gasteiger partial charge in [-0.15, -0.1) is 0 Å². The quantitative estimate of drug-likeness (QED) is 0.227. The monoisotopic (exact) mass is 610 g/mol. The minimum Gasteiger partial charge on any atom is -0.491 e. The molecule has 11 heteroatoms. The van der Waals surface area contributed by atoms with Crippen LogP contribution in [0.1, 0.15) is 60.0 Å². The van der Waals surface area contributed by atoms with E-state index in [0.717, 1.165) is 43.2 Å². The molecule has 1 aliphatic heterocycles. The number of carbonyl (C=O) groups is 1. The Morgan fingerprint density at radius 1 is 1.00 bits per heavy atom. The third kappa shape index (κ3) is 10.0. The van der Waals surface area contributed by atoms with Gasteiger partial charge in [-0.25, -0.2) is 23.5 Å². The summed E-state index contributed by atoms with van der Waals surface area (Å²) in [6.45, 7) is 15.1. The van der Waals surface area contributed by atoms with Crippen LogP contribution in [0, 0.1) is 5.41 Å². The van der Waals surface area contributed by atoms with Crippen LogP contribution in [0.3, 0.4) is 0 Å². The predicted octanol–water partition coefficient (Wildman–Crippen LogP) is 6.94. The number of alkyl halides is 2. The first-order valence-corrected chi connectivity index (χ1v) is 15.0. The lowest BCUT2D eigenvalue weighted by Gasteiger charge is -2.28. The van der Waals surface area contributed by atoms with Crippen LogP contribution in [0.4, 0.5) is 30.9 Å². The topological polar surface area (TPSA) is 101 Å². The summed E-state index contributed by atoms with van der Waals surface area (Å²) in [5.74, 6) is 1.55. The molecule has 3 aromatic rings. The number of alkyl carbamates (subject to hydrolysis) is 1. The third-order valence-corrected chi connectivity index (χ3v) is 6.82. The van der Waals surface area contributed by atoms with Crippen LogP contribution in [0.2, 0.25) is 0 Å². The molecule has 9 nitrogen and oxygen atoms in total. The van der Waals surface area contributed by atoms with Crippen LogP contribution < -0.4 is 25.6 Å². The number of halogens is 2. The average Bonchev–Trinajstić information content (AvgIpc) is 2.95. The zero-order valence-corrected chi connectivity index (χ0v) is 26.4. The highest BCUT2D eigenvalue weighted by Gasteiger charge is 2.25. The van der Waals surface area contributed by atoms with Gasteiger partial charge in [-0.1, -0.05) is 26.8 Å². The molecule has 1 saturated heterocycles. The van der Waals surface area contributed by atoms with E-state index in [0.29, 0.717) is 17.8 Å². The van der Waals surface area contributed by atoms with Crippen molar-refractivity contribution in [3.63, 3.8) is 0 Å². The molecule has 0 spiro atoms. The molecule has 1 aromatic carbocycles. The summed E-state index contributed by atoms with van der Waals surface area (Å²) in [6, 6.07) is 11.8. The second kappa shape index (κ2) is 14.2.